The Morgan fingerprint density at radius 2 is 1.12 bits per heavy atom. The van der Waals surface area contributed by atoms with Gasteiger partial charge in [-0.25, -0.2) is 4.79 Å². The summed E-state index contributed by atoms with van der Waals surface area (Å²) in [5.74, 6) is 0.401. The molecule has 214 valence electrons. The first kappa shape index (κ1) is 29.9. The van der Waals surface area contributed by atoms with Crippen LogP contribution in [0.1, 0.15) is 74.9 Å². The summed E-state index contributed by atoms with van der Waals surface area (Å²) in [6.07, 6.45) is 1.57. The van der Waals surface area contributed by atoms with Crippen LogP contribution in [0.2, 0.25) is 0 Å². The third kappa shape index (κ3) is 8.00. The van der Waals surface area contributed by atoms with Gasteiger partial charge in [-0.05, 0) is 63.1 Å². The number of urea groups is 1. The number of hydrogen-bond acceptors (Lipinski definition) is 2. The van der Waals surface area contributed by atoms with Crippen LogP contribution in [0, 0.1) is 0 Å². The summed E-state index contributed by atoms with van der Waals surface area (Å²) in [7, 11) is 0. The van der Waals surface area contributed by atoms with Crippen molar-refractivity contribution in [3.63, 3.8) is 0 Å². The monoisotopic (exact) mass is 548 g/mol. The van der Waals surface area contributed by atoms with Crippen LogP contribution in [-0.4, -0.2) is 16.0 Å². The second-order valence-corrected chi connectivity index (χ2v) is 13.0. The maximum absolute atomic E-state index is 13.7. The number of aromatic hydroxyl groups is 1. The smallest absolute Gasteiger partial charge is 0.322 e. The van der Waals surface area contributed by atoms with Crippen molar-refractivity contribution >= 4 is 11.7 Å². The van der Waals surface area contributed by atoms with Crippen LogP contribution in [0.4, 0.5) is 10.5 Å². The molecule has 4 rings (SSSR count). The molecule has 0 aliphatic carbocycles. The highest BCUT2D eigenvalue weighted by molar-refractivity contribution is 5.90. The second-order valence-electron chi connectivity index (χ2n) is 13.0. The number of anilines is 1. The van der Waals surface area contributed by atoms with Gasteiger partial charge >= 0.3 is 6.03 Å². The Kier molecular flexibility index (Phi) is 9.22. The van der Waals surface area contributed by atoms with Crippen LogP contribution in [0.15, 0.2) is 97.1 Å². The van der Waals surface area contributed by atoms with Gasteiger partial charge in [0.1, 0.15) is 5.75 Å². The first-order chi connectivity index (χ1) is 19.4. The highest BCUT2D eigenvalue weighted by Crippen LogP contribution is 2.40. The van der Waals surface area contributed by atoms with Gasteiger partial charge in [0, 0.05) is 18.8 Å². The van der Waals surface area contributed by atoms with Gasteiger partial charge in [-0.2, -0.15) is 0 Å². The van der Waals surface area contributed by atoms with Crippen molar-refractivity contribution in [1.82, 2.24) is 4.90 Å². The van der Waals surface area contributed by atoms with Crippen molar-refractivity contribution in [3.05, 3.63) is 130 Å². The molecule has 4 aromatic rings. The van der Waals surface area contributed by atoms with Crippen LogP contribution in [-0.2, 0) is 36.8 Å². The van der Waals surface area contributed by atoms with Crippen molar-refractivity contribution in [3.8, 4) is 5.75 Å². The maximum atomic E-state index is 13.7. The molecule has 2 N–H and O–H groups in total. The molecule has 0 aromatic heterocycles. The fourth-order valence-corrected chi connectivity index (χ4v) is 5.12. The molecule has 4 aromatic carbocycles. The molecule has 0 saturated carbocycles. The standard InChI is InChI=1S/C37H44N2O2/c1-36(2,3)31-23-29(24-32(34(31)40)37(4,5)6)21-22-30-19-13-14-20-33(30)38-35(41)39(25-27-15-9-7-10-16-27)26-28-17-11-8-12-18-28/h7-20,23-24,40H,21-22,25-26H2,1-6H3,(H,38,41). The maximum Gasteiger partial charge on any atom is 0.322 e. The minimum atomic E-state index is -0.174. The molecule has 4 heteroatoms. The lowest BCUT2D eigenvalue weighted by molar-refractivity contribution is 0.206. The number of para-hydroxylation sites is 1. The van der Waals surface area contributed by atoms with E-state index < -0.39 is 0 Å². The van der Waals surface area contributed by atoms with Crippen LogP contribution >= 0.6 is 0 Å². The van der Waals surface area contributed by atoms with Gasteiger partial charge in [0.15, 0.2) is 0 Å². The number of carbonyl (C=O) groups is 1. The molecule has 0 radical (unpaired) electrons. The van der Waals surface area contributed by atoms with Crippen LogP contribution in [0.3, 0.4) is 0 Å². The molecular formula is C37H44N2O2. The summed E-state index contributed by atoms with van der Waals surface area (Å²) in [4.78, 5) is 15.5. The molecule has 41 heavy (non-hydrogen) atoms. The normalized spacial score (nSPS) is 11.8. The summed E-state index contributed by atoms with van der Waals surface area (Å²) >= 11 is 0. The molecule has 0 unspecified atom stereocenters. The van der Waals surface area contributed by atoms with E-state index in [0.29, 0.717) is 18.8 Å². The minimum absolute atomic E-state index is 0.125. The highest BCUT2D eigenvalue weighted by Gasteiger charge is 2.26. The summed E-state index contributed by atoms with van der Waals surface area (Å²) in [6, 6.07) is 32.4. The third-order valence-electron chi connectivity index (χ3n) is 7.45. The van der Waals surface area contributed by atoms with Crippen molar-refractivity contribution in [2.24, 2.45) is 0 Å². The molecule has 0 atom stereocenters. The lowest BCUT2D eigenvalue weighted by Gasteiger charge is -2.28. The van der Waals surface area contributed by atoms with E-state index in [4.69, 9.17) is 0 Å². The van der Waals surface area contributed by atoms with Gasteiger partial charge in [-0.15, -0.1) is 0 Å². The third-order valence-corrected chi connectivity index (χ3v) is 7.45. The SMILES string of the molecule is CC(C)(C)c1cc(CCc2ccccc2NC(=O)N(Cc2ccccc2)Cc2ccccc2)cc(C(C)(C)C)c1O. The number of amides is 2. The fourth-order valence-electron chi connectivity index (χ4n) is 5.12. The summed E-state index contributed by atoms with van der Waals surface area (Å²) in [5.41, 5.74) is 6.87. The quantitative estimate of drug-likeness (QED) is 0.231. The molecular weight excluding hydrogens is 504 g/mol. The van der Waals surface area contributed by atoms with Crippen LogP contribution in [0.25, 0.3) is 0 Å². The minimum Gasteiger partial charge on any atom is -0.507 e. The molecule has 0 bridgehead atoms. The number of nitrogens with zero attached hydrogens (tertiary/aromatic N) is 1. The van der Waals surface area contributed by atoms with Crippen molar-refractivity contribution in [1.29, 1.82) is 0 Å². The van der Waals surface area contributed by atoms with E-state index in [1.165, 1.54) is 5.56 Å². The average molecular weight is 549 g/mol. The first-order valence-electron chi connectivity index (χ1n) is 14.5. The lowest BCUT2D eigenvalue weighted by atomic mass is 9.78. The molecule has 0 spiro atoms. The molecule has 4 nitrogen and oxygen atoms in total. The lowest BCUT2D eigenvalue weighted by Crippen LogP contribution is -2.34. The number of benzene rings is 4. The number of nitrogens with one attached hydrogen (secondary N) is 1. The number of hydrogen-bond donors (Lipinski definition) is 2. The van der Waals surface area contributed by atoms with E-state index in [2.05, 4.69) is 89.3 Å². The Bertz CT molecular complexity index is 1370. The van der Waals surface area contributed by atoms with Crippen molar-refractivity contribution in [2.45, 2.75) is 78.3 Å². The topological polar surface area (TPSA) is 52.6 Å². The van der Waals surface area contributed by atoms with Gasteiger partial charge in [0.25, 0.3) is 0 Å². The van der Waals surface area contributed by atoms with Crippen molar-refractivity contribution in [2.75, 3.05) is 5.32 Å². The van der Waals surface area contributed by atoms with Crippen LogP contribution < -0.4 is 5.32 Å². The van der Waals surface area contributed by atoms with Gasteiger partial charge in [-0.1, -0.05) is 133 Å². The number of rotatable bonds is 8. The number of phenolic OH excluding ortho intramolecular Hbond substituents is 1. The Morgan fingerprint density at radius 3 is 1.61 bits per heavy atom. The zero-order valence-corrected chi connectivity index (χ0v) is 25.4. The predicted molar refractivity (Wildman–Crippen MR) is 171 cm³/mol. The molecule has 2 amide bonds. The van der Waals surface area contributed by atoms with E-state index in [1.54, 1.807) is 0 Å². The zero-order chi connectivity index (χ0) is 29.6. The summed E-state index contributed by atoms with van der Waals surface area (Å²) < 4.78 is 0. The van der Waals surface area contributed by atoms with E-state index in [9.17, 15) is 9.90 Å². The Labute approximate surface area is 246 Å². The predicted octanol–water partition coefficient (Wildman–Crippen LogP) is 9.01. The zero-order valence-electron chi connectivity index (χ0n) is 25.4. The number of aryl methyl sites for hydroxylation is 2. The number of phenols is 1. The van der Waals surface area contributed by atoms with Gasteiger partial charge in [-0.3, -0.25) is 0 Å². The molecule has 0 heterocycles. The van der Waals surface area contributed by atoms with E-state index in [1.807, 2.05) is 59.5 Å². The Balaban J connectivity index is 1.56. The Morgan fingerprint density at radius 1 is 0.659 bits per heavy atom. The number of carbonyl (C=O) groups excluding carboxylic acids is 1. The summed E-state index contributed by atoms with van der Waals surface area (Å²) in [5, 5.41) is 14.3. The largest absolute Gasteiger partial charge is 0.507 e. The van der Waals surface area contributed by atoms with E-state index >= 15 is 0 Å². The van der Waals surface area contributed by atoms with E-state index in [-0.39, 0.29) is 16.9 Å². The van der Waals surface area contributed by atoms with Gasteiger partial charge < -0.3 is 15.3 Å². The fraction of sp³-hybridized carbons (Fsp3) is 0.324. The van der Waals surface area contributed by atoms with Gasteiger partial charge in [0.2, 0.25) is 0 Å². The molecule has 0 aliphatic rings. The second kappa shape index (κ2) is 12.6. The molecule has 0 aliphatic heterocycles. The molecule has 0 saturated heterocycles. The molecule has 0 fully saturated rings. The van der Waals surface area contributed by atoms with E-state index in [0.717, 1.165) is 46.3 Å². The van der Waals surface area contributed by atoms with Crippen molar-refractivity contribution < 1.29 is 9.90 Å². The highest BCUT2D eigenvalue weighted by atomic mass is 16.3. The van der Waals surface area contributed by atoms with Gasteiger partial charge in [0.05, 0.1) is 0 Å². The Hall–Kier alpha value is -4.05. The average Bonchev–Trinajstić information content (AvgIpc) is 2.92. The first-order valence-corrected chi connectivity index (χ1v) is 14.5. The summed E-state index contributed by atoms with van der Waals surface area (Å²) in [6.45, 7) is 13.9. The van der Waals surface area contributed by atoms with Crippen LogP contribution in [0.5, 0.6) is 5.75 Å².